The van der Waals surface area contributed by atoms with Crippen LogP contribution in [0.2, 0.25) is 0 Å². The maximum atomic E-state index is 12.3. The molecule has 3 rings (SSSR count). The van der Waals surface area contributed by atoms with E-state index in [0.29, 0.717) is 18.1 Å². The minimum absolute atomic E-state index is 0.0116. The van der Waals surface area contributed by atoms with Crippen LogP contribution in [0.5, 0.6) is 0 Å². The number of hydrogen-bond acceptors (Lipinski definition) is 4. The Morgan fingerprint density at radius 1 is 1.13 bits per heavy atom. The van der Waals surface area contributed by atoms with E-state index in [1.165, 1.54) is 17.5 Å². The maximum absolute atomic E-state index is 12.3. The molecule has 1 aromatic carbocycles. The summed E-state index contributed by atoms with van der Waals surface area (Å²) in [7, 11) is 0. The van der Waals surface area contributed by atoms with Gasteiger partial charge in [0.2, 0.25) is 0 Å². The Morgan fingerprint density at radius 3 is 2.65 bits per heavy atom. The molecule has 0 spiro atoms. The van der Waals surface area contributed by atoms with Gasteiger partial charge in [-0.25, -0.2) is 0 Å². The highest BCUT2D eigenvalue weighted by molar-refractivity contribution is 5.92. The minimum Gasteiger partial charge on any atom is -0.365 e. The SMILES string of the molecule is Cc1cccc(CNc2ccc(C(=O)N3CCCCC3)nn2)c1. The number of likely N-dealkylation sites (tertiary alicyclic amines) is 1. The van der Waals surface area contributed by atoms with Crippen molar-refractivity contribution in [3.8, 4) is 0 Å². The zero-order chi connectivity index (χ0) is 16.1. The normalized spacial score (nSPS) is 14.6. The van der Waals surface area contributed by atoms with Crippen LogP contribution >= 0.6 is 0 Å². The average Bonchev–Trinajstić information content (AvgIpc) is 2.61. The Bertz CT molecular complexity index is 663. The van der Waals surface area contributed by atoms with Crippen LogP contribution in [0.1, 0.15) is 40.9 Å². The summed E-state index contributed by atoms with van der Waals surface area (Å²) in [5.74, 6) is 0.670. The van der Waals surface area contributed by atoms with E-state index < -0.39 is 0 Å². The molecule has 0 radical (unpaired) electrons. The number of carbonyl (C=O) groups excluding carboxylic acids is 1. The molecule has 5 nitrogen and oxygen atoms in total. The lowest BCUT2D eigenvalue weighted by atomic mass is 10.1. The summed E-state index contributed by atoms with van der Waals surface area (Å²) in [5.41, 5.74) is 2.85. The van der Waals surface area contributed by atoms with Gasteiger partial charge in [0, 0.05) is 19.6 Å². The molecule has 0 bridgehead atoms. The molecule has 5 heteroatoms. The quantitative estimate of drug-likeness (QED) is 0.943. The largest absolute Gasteiger partial charge is 0.365 e. The van der Waals surface area contributed by atoms with Crippen LogP contribution in [-0.4, -0.2) is 34.1 Å². The van der Waals surface area contributed by atoms with E-state index in [1.54, 1.807) is 6.07 Å². The number of piperidine rings is 1. The van der Waals surface area contributed by atoms with E-state index in [4.69, 9.17) is 0 Å². The predicted molar refractivity (Wildman–Crippen MR) is 90.3 cm³/mol. The molecule has 0 atom stereocenters. The van der Waals surface area contributed by atoms with Crippen molar-refractivity contribution in [3.05, 3.63) is 53.2 Å². The third-order valence-electron chi connectivity index (χ3n) is 4.08. The van der Waals surface area contributed by atoms with E-state index in [1.807, 2.05) is 17.0 Å². The summed E-state index contributed by atoms with van der Waals surface area (Å²) in [4.78, 5) is 14.2. The molecule has 2 aromatic rings. The number of anilines is 1. The van der Waals surface area contributed by atoms with Gasteiger partial charge in [-0.15, -0.1) is 10.2 Å². The van der Waals surface area contributed by atoms with Gasteiger partial charge in [-0.05, 0) is 43.9 Å². The summed E-state index contributed by atoms with van der Waals surface area (Å²) in [6.45, 7) is 4.42. The van der Waals surface area contributed by atoms with Gasteiger partial charge in [0.25, 0.3) is 5.91 Å². The van der Waals surface area contributed by atoms with Crippen molar-refractivity contribution in [2.45, 2.75) is 32.7 Å². The molecule has 1 aromatic heterocycles. The maximum Gasteiger partial charge on any atom is 0.274 e. The first-order valence-electron chi connectivity index (χ1n) is 8.15. The Hall–Kier alpha value is -2.43. The van der Waals surface area contributed by atoms with E-state index in [0.717, 1.165) is 25.9 Å². The first-order chi connectivity index (χ1) is 11.2. The molecule has 1 aliphatic heterocycles. The molecule has 2 heterocycles. The first-order valence-corrected chi connectivity index (χ1v) is 8.15. The summed E-state index contributed by atoms with van der Waals surface area (Å²) in [6.07, 6.45) is 3.36. The molecule has 1 saturated heterocycles. The first kappa shape index (κ1) is 15.5. The third kappa shape index (κ3) is 4.06. The molecule has 0 saturated carbocycles. The lowest BCUT2D eigenvalue weighted by molar-refractivity contribution is 0.0717. The van der Waals surface area contributed by atoms with Gasteiger partial charge in [-0.3, -0.25) is 4.79 Å². The molecule has 0 aliphatic carbocycles. The second kappa shape index (κ2) is 7.22. The van der Waals surface area contributed by atoms with E-state index in [9.17, 15) is 4.79 Å². The monoisotopic (exact) mass is 310 g/mol. The highest BCUT2D eigenvalue weighted by Gasteiger charge is 2.19. The van der Waals surface area contributed by atoms with Crippen LogP contribution in [0.3, 0.4) is 0 Å². The molecular weight excluding hydrogens is 288 g/mol. The van der Waals surface area contributed by atoms with Gasteiger partial charge >= 0.3 is 0 Å². The Labute approximate surface area is 136 Å². The number of hydrogen-bond donors (Lipinski definition) is 1. The number of benzene rings is 1. The number of amides is 1. The predicted octanol–water partition coefficient (Wildman–Crippen LogP) is 3.02. The zero-order valence-corrected chi connectivity index (χ0v) is 13.5. The van der Waals surface area contributed by atoms with Crippen molar-refractivity contribution in [1.82, 2.24) is 15.1 Å². The fourth-order valence-corrected chi connectivity index (χ4v) is 2.81. The molecule has 0 unspecified atom stereocenters. The highest BCUT2D eigenvalue weighted by Crippen LogP contribution is 2.13. The number of aryl methyl sites for hydroxylation is 1. The van der Waals surface area contributed by atoms with Crippen LogP contribution in [0.4, 0.5) is 5.82 Å². The fourth-order valence-electron chi connectivity index (χ4n) is 2.81. The van der Waals surface area contributed by atoms with Crippen molar-refractivity contribution in [1.29, 1.82) is 0 Å². The third-order valence-corrected chi connectivity index (χ3v) is 4.08. The van der Waals surface area contributed by atoms with Crippen molar-refractivity contribution in [2.24, 2.45) is 0 Å². The van der Waals surface area contributed by atoms with Crippen molar-refractivity contribution >= 4 is 11.7 Å². The topological polar surface area (TPSA) is 58.1 Å². The van der Waals surface area contributed by atoms with E-state index >= 15 is 0 Å². The fraction of sp³-hybridized carbons (Fsp3) is 0.389. The second-order valence-corrected chi connectivity index (χ2v) is 6.00. The van der Waals surface area contributed by atoms with Crippen molar-refractivity contribution < 1.29 is 4.79 Å². The summed E-state index contributed by atoms with van der Waals surface area (Å²) < 4.78 is 0. The van der Waals surface area contributed by atoms with Gasteiger partial charge in [0.1, 0.15) is 5.82 Å². The second-order valence-electron chi connectivity index (χ2n) is 6.00. The molecule has 1 aliphatic rings. The molecule has 1 N–H and O–H groups in total. The zero-order valence-electron chi connectivity index (χ0n) is 13.5. The van der Waals surface area contributed by atoms with Crippen LogP contribution < -0.4 is 5.32 Å². The number of nitrogens with zero attached hydrogens (tertiary/aromatic N) is 3. The van der Waals surface area contributed by atoms with Gasteiger partial charge in [-0.2, -0.15) is 0 Å². The van der Waals surface area contributed by atoms with E-state index in [2.05, 4.69) is 40.6 Å². The van der Waals surface area contributed by atoms with Gasteiger partial charge in [-0.1, -0.05) is 29.8 Å². The number of rotatable bonds is 4. The Morgan fingerprint density at radius 2 is 1.96 bits per heavy atom. The standard InChI is InChI=1S/C18H22N4O/c1-14-6-5-7-15(12-14)13-19-17-9-8-16(20-21-17)18(23)22-10-3-2-4-11-22/h5-9,12H,2-4,10-11,13H2,1H3,(H,19,21). The van der Waals surface area contributed by atoms with Crippen molar-refractivity contribution in [3.63, 3.8) is 0 Å². The van der Waals surface area contributed by atoms with Gasteiger partial charge in [0.15, 0.2) is 5.69 Å². The van der Waals surface area contributed by atoms with Crippen LogP contribution in [0.25, 0.3) is 0 Å². The minimum atomic E-state index is -0.0116. The summed E-state index contributed by atoms with van der Waals surface area (Å²) >= 11 is 0. The van der Waals surface area contributed by atoms with Crippen LogP contribution in [-0.2, 0) is 6.54 Å². The number of carbonyl (C=O) groups is 1. The summed E-state index contributed by atoms with van der Waals surface area (Å²) in [5, 5.41) is 11.4. The molecule has 1 amide bonds. The molecule has 23 heavy (non-hydrogen) atoms. The van der Waals surface area contributed by atoms with Crippen LogP contribution in [0, 0.1) is 6.92 Å². The Balaban J connectivity index is 1.59. The Kier molecular flexibility index (Phi) is 4.86. The number of aromatic nitrogens is 2. The van der Waals surface area contributed by atoms with Gasteiger partial charge < -0.3 is 10.2 Å². The molecule has 120 valence electrons. The lowest BCUT2D eigenvalue weighted by Gasteiger charge is -2.26. The number of nitrogens with one attached hydrogen (secondary N) is 1. The smallest absolute Gasteiger partial charge is 0.274 e. The van der Waals surface area contributed by atoms with Gasteiger partial charge in [0.05, 0.1) is 0 Å². The highest BCUT2D eigenvalue weighted by atomic mass is 16.2. The summed E-state index contributed by atoms with van der Waals surface area (Å²) in [6, 6.07) is 11.9. The van der Waals surface area contributed by atoms with Crippen molar-refractivity contribution in [2.75, 3.05) is 18.4 Å². The molecular formula is C18H22N4O. The molecule has 1 fully saturated rings. The average molecular weight is 310 g/mol. The lowest BCUT2D eigenvalue weighted by Crippen LogP contribution is -2.36. The van der Waals surface area contributed by atoms with Crippen LogP contribution in [0.15, 0.2) is 36.4 Å². The van der Waals surface area contributed by atoms with E-state index in [-0.39, 0.29) is 5.91 Å².